The average molecular weight is 362 g/mol. The number of aromatic amines is 1. The van der Waals surface area contributed by atoms with Crippen molar-refractivity contribution in [2.45, 2.75) is 4.90 Å². The van der Waals surface area contributed by atoms with E-state index in [-0.39, 0.29) is 17.2 Å². The van der Waals surface area contributed by atoms with E-state index in [4.69, 9.17) is 0 Å². The number of para-hydroxylation sites is 1. The maximum absolute atomic E-state index is 13.0. The molecule has 0 atom stereocenters. The molecule has 1 aromatic heterocycles. The molecule has 0 fully saturated rings. The topological polar surface area (TPSA) is 70.2 Å². The van der Waals surface area contributed by atoms with Crippen LogP contribution in [-0.4, -0.2) is 25.7 Å². The Kier molecular flexibility index (Phi) is 3.02. The molecule has 0 unspecified atom stereocenters. The molecule has 1 aliphatic rings. The van der Waals surface area contributed by atoms with Gasteiger partial charge < -0.3 is 4.98 Å². The van der Waals surface area contributed by atoms with Crippen molar-refractivity contribution in [1.29, 1.82) is 0 Å². The number of Topliss-reactive ketones (excluding diaryl/α,β-unsaturated/α-hetero) is 1. The van der Waals surface area contributed by atoms with Gasteiger partial charge in [0.05, 0.1) is 17.1 Å². The van der Waals surface area contributed by atoms with Crippen molar-refractivity contribution in [3.05, 3.63) is 72.4 Å². The Morgan fingerprint density at radius 2 is 1.73 bits per heavy atom. The van der Waals surface area contributed by atoms with Gasteiger partial charge in [-0.3, -0.25) is 9.10 Å². The van der Waals surface area contributed by atoms with Crippen LogP contribution in [0.15, 0.2) is 71.8 Å². The lowest BCUT2D eigenvalue weighted by Gasteiger charge is -2.17. The molecule has 3 aromatic carbocycles. The highest BCUT2D eigenvalue weighted by Gasteiger charge is 2.36. The minimum absolute atomic E-state index is 0.224. The Balaban J connectivity index is 1.61. The van der Waals surface area contributed by atoms with Crippen LogP contribution in [0.4, 0.5) is 5.69 Å². The first kappa shape index (κ1) is 15.2. The number of benzene rings is 3. The normalized spacial score (nSPS) is 15.0. The summed E-state index contributed by atoms with van der Waals surface area (Å²) in [6.45, 7) is -0.224. The number of aromatic nitrogens is 1. The number of nitrogens with zero attached hydrogens (tertiary/aromatic N) is 1. The maximum atomic E-state index is 13.0. The summed E-state index contributed by atoms with van der Waals surface area (Å²) in [6, 6.07) is 18.1. The van der Waals surface area contributed by atoms with Crippen LogP contribution in [0.3, 0.4) is 0 Å². The third kappa shape index (κ3) is 1.96. The molecule has 0 spiro atoms. The molecule has 6 heteroatoms. The molecule has 2 heterocycles. The average Bonchev–Trinajstić information content (AvgIpc) is 3.17. The first-order valence-corrected chi connectivity index (χ1v) is 9.65. The number of nitrogens with one attached hydrogen (secondary N) is 1. The minimum Gasteiger partial charge on any atom is -0.360 e. The van der Waals surface area contributed by atoms with E-state index in [1.165, 1.54) is 4.31 Å². The predicted octanol–water partition coefficient (Wildman–Crippen LogP) is 3.71. The lowest BCUT2D eigenvalue weighted by Crippen LogP contribution is -2.32. The fourth-order valence-corrected chi connectivity index (χ4v) is 5.31. The molecule has 0 bridgehead atoms. The van der Waals surface area contributed by atoms with E-state index in [9.17, 15) is 13.2 Å². The number of rotatable bonds is 3. The van der Waals surface area contributed by atoms with E-state index in [0.29, 0.717) is 16.6 Å². The molecule has 0 radical (unpaired) electrons. The summed E-state index contributed by atoms with van der Waals surface area (Å²) in [7, 11) is -3.74. The molecule has 26 heavy (non-hydrogen) atoms. The van der Waals surface area contributed by atoms with Gasteiger partial charge >= 0.3 is 0 Å². The first-order chi connectivity index (χ1) is 12.6. The number of H-pyrrole nitrogens is 1. The highest BCUT2D eigenvalue weighted by atomic mass is 32.2. The Morgan fingerprint density at radius 3 is 2.58 bits per heavy atom. The highest BCUT2D eigenvalue weighted by molar-refractivity contribution is 7.93. The molecular weight excluding hydrogens is 348 g/mol. The second-order valence-corrected chi connectivity index (χ2v) is 8.14. The van der Waals surface area contributed by atoms with Gasteiger partial charge in [-0.25, -0.2) is 8.42 Å². The molecule has 4 aromatic rings. The van der Waals surface area contributed by atoms with E-state index in [1.807, 2.05) is 42.5 Å². The smallest absolute Gasteiger partial charge is 0.265 e. The lowest BCUT2D eigenvalue weighted by atomic mass is 10.1. The number of anilines is 1. The fraction of sp³-hybridized carbons (Fsp3) is 0.0500. The number of hydrogen-bond donors (Lipinski definition) is 1. The van der Waals surface area contributed by atoms with Crippen LogP contribution >= 0.6 is 0 Å². The van der Waals surface area contributed by atoms with Crippen LogP contribution in [-0.2, 0) is 10.0 Å². The van der Waals surface area contributed by atoms with Crippen LogP contribution in [0.5, 0.6) is 0 Å². The van der Waals surface area contributed by atoms with Crippen LogP contribution in [0.2, 0.25) is 0 Å². The van der Waals surface area contributed by atoms with Crippen LogP contribution in [0.1, 0.15) is 10.4 Å². The zero-order valence-electron chi connectivity index (χ0n) is 13.6. The van der Waals surface area contributed by atoms with Gasteiger partial charge in [-0.1, -0.05) is 42.5 Å². The van der Waals surface area contributed by atoms with Gasteiger partial charge in [0.25, 0.3) is 10.0 Å². The summed E-state index contributed by atoms with van der Waals surface area (Å²) in [6.07, 6.45) is 1.64. The Bertz CT molecular complexity index is 1300. The summed E-state index contributed by atoms with van der Waals surface area (Å²) in [4.78, 5) is 16.2. The van der Waals surface area contributed by atoms with Gasteiger partial charge in [-0.05, 0) is 23.6 Å². The van der Waals surface area contributed by atoms with Gasteiger partial charge in [-0.2, -0.15) is 0 Å². The van der Waals surface area contributed by atoms with Crippen LogP contribution in [0.25, 0.3) is 21.7 Å². The maximum Gasteiger partial charge on any atom is 0.265 e. The number of carbonyl (C=O) groups is 1. The molecule has 128 valence electrons. The number of ketones is 1. The van der Waals surface area contributed by atoms with Crippen molar-refractivity contribution < 1.29 is 13.2 Å². The van der Waals surface area contributed by atoms with E-state index in [0.717, 1.165) is 16.3 Å². The number of carbonyl (C=O) groups excluding carboxylic acids is 1. The third-order valence-electron chi connectivity index (χ3n) is 4.86. The van der Waals surface area contributed by atoms with Gasteiger partial charge in [0, 0.05) is 28.0 Å². The molecule has 5 nitrogen and oxygen atoms in total. The zero-order valence-corrected chi connectivity index (χ0v) is 14.5. The second-order valence-electron chi connectivity index (χ2n) is 6.31. The highest BCUT2D eigenvalue weighted by Crippen LogP contribution is 2.42. The molecule has 0 saturated carbocycles. The largest absolute Gasteiger partial charge is 0.360 e. The Labute approximate surface area is 149 Å². The summed E-state index contributed by atoms with van der Waals surface area (Å²) in [5.74, 6) is -0.240. The molecule has 0 amide bonds. The molecule has 0 aliphatic carbocycles. The van der Waals surface area contributed by atoms with Crippen molar-refractivity contribution in [2.75, 3.05) is 10.8 Å². The fourth-order valence-electron chi connectivity index (χ4n) is 3.65. The van der Waals surface area contributed by atoms with Crippen molar-refractivity contribution in [2.24, 2.45) is 0 Å². The standard InChI is InChI=1S/C20H14N2O3S/c23-18(15-11-21-16-8-2-1-7-14(15)16)12-22-17-9-3-5-13-6-4-10-19(20(13)17)26(22,24)25/h1-11,21H,12H2. The van der Waals surface area contributed by atoms with Gasteiger partial charge in [0.1, 0.15) is 0 Å². The summed E-state index contributed by atoms with van der Waals surface area (Å²) >= 11 is 0. The SMILES string of the molecule is O=C(CN1c2cccc3cccc(c23)S1(=O)=O)c1c[nH]c2ccccc12. The second kappa shape index (κ2) is 5.19. The lowest BCUT2D eigenvalue weighted by molar-refractivity contribution is 0.100. The summed E-state index contributed by atoms with van der Waals surface area (Å²) in [5, 5.41) is 2.33. The van der Waals surface area contributed by atoms with Crippen molar-refractivity contribution in [3.63, 3.8) is 0 Å². The molecular formula is C20H14N2O3S. The molecule has 1 N–H and O–H groups in total. The quantitative estimate of drug-likeness (QED) is 0.565. The van der Waals surface area contributed by atoms with E-state index in [1.54, 1.807) is 24.4 Å². The van der Waals surface area contributed by atoms with Crippen LogP contribution in [0, 0.1) is 0 Å². The van der Waals surface area contributed by atoms with Crippen molar-refractivity contribution in [3.8, 4) is 0 Å². The third-order valence-corrected chi connectivity index (χ3v) is 6.66. The minimum atomic E-state index is -3.74. The number of sulfonamides is 1. The monoisotopic (exact) mass is 362 g/mol. The Hall–Kier alpha value is -3.12. The van der Waals surface area contributed by atoms with Gasteiger partial charge in [0.15, 0.2) is 5.78 Å². The van der Waals surface area contributed by atoms with E-state index < -0.39 is 10.0 Å². The molecule has 5 rings (SSSR count). The van der Waals surface area contributed by atoms with Gasteiger partial charge in [0.2, 0.25) is 0 Å². The van der Waals surface area contributed by atoms with Crippen LogP contribution < -0.4 is 4.31 Å². The zero-order chi connectivity index (χ0) is 17.9. The van der Waals surface area contributed by atoms with Crippen molar-refractivity contribution >= 4 is 43.2 Å². The van der Waals surface area contributed by atoms with Crippen molar-refractivity contribution in [1.82, 2.24) is 4.98 Å². The van der Waals surface area contributed by atoms with E-state index in [2.05, 4.69) is 4.98 Å². The first-order valence-electron chi connectivity index (χ1n) is 8.21. The number of hydrogen-bond acceptors (Lipinski definition) is 3. The van der Waals surface area contributed by atoms with Gasteiger partial charge in [-0.15, -0.1) is 0 Å². The number of fused-ring (bicyclic) bond motifs is 1. The Morgan fingerprint density at radius 1 is 0.962 bits per heavy atom. The summed E-state index contributed by atoms with van der Waals surface area (Å²) in [5.41, 5.74) is 1.91. The summed E-state index contributed by atoms with van der Waals surface area (Å²) < 4.78 is 27.2. The predicted molar refractivity (Wildman–Crippen MR) is 101 cm³/mol. The molecule has 0 saturated heterocycles. The molecule has 1 aliphatic heterocycles. The van der Waals surface area contributed by atoms with E-state index >= 15 is 0 Å².